The van der Waals surface area contributed by atoms with Crippen molar-refractivity contribution in [2.75, 3.05) is 19.6 Å². The number of carbonyl (C=O) groups is 2. The molecule has 0 aliphatic carbocycles. The summed E-state index contributed by atoms with van der Waals surface area (Å²) in [6.45, 7) is 5.66. The van der Waals surface area contributed by atoms with Gasteiger partial charge in [-0.15, -0.1) is 0 Å². The molecule has 0 spiro atoms. The third-order valence-corrected chi connectivity index (χ3v) is 5.57. The minimum Gasteiger partial charge on any atom is -0.338 e. The van der Waals surface area contributed by atoms with E-state index in [0.29, 0.717) is 12.1 Å². The van der Waals surface area contributed by atoms with Crippen LogP contribution in [0.5, 0.6) is 0 Å². The van der Waals surface area contributed by atoms with E-state index in [1.807, 2.05) is 13.8 Å². The summed E-state index contributed by atoms with van der Waals surface area (Å²) in [7, 11) is -3.77. The fourth-order valence-corrected chi connectivity index (χ4v) is 3.87. The number of ketones is 1. The molecule has 1 amide bonds. The van der Waals surface area contributed by atoms with Crippen LogP contribution in [0.2, 0.25) is 0 Å². The van der Waals surface area contributed by atoms with Crippen LogP contribution in [0.15, 0.2) is 29.2 Å². The van der Waals surface area contributed by atoms with E-state index in [0.717, 1.165) is 0 Å². The number of hydrogen-bond donors (Lipinski definition) is 0. The lowest BCUT2D eigenvalue weighted by Crippen LogP contribution is -2.54. The molecule has 1 fully saturated rings. The summed E-state index contributed by atoms with van der Waals surface area (Å²) in [4.78, 5) is 25.2. The van der Waals surface area contributed by atoms with E-state index in [1.54, 1.807) is 11.0 Å². The predicted molar refractivity (Wildman–Crippen MR) is 82.1 cm³/mol. The van der Waals surface area contributed by atoms with E-state index in [4.69, 9.17) is 0 Å². The SMILES string of the molecule is CC(=O)c1cccc(S(=O)(=O)N2CCN(C(C)C)C(=O)C2)c1. The third-order valence-electron chi connectivity index (χ3n) is 3.72. The molecule has 7 heteroatoms. The lowest BCUT2D eigenvalue weighted by atomic mass is 10.2. The molecule has 0 atom stereocenters. The number of sulfonamides is 1. The average molecular weight is 324 g/mol. The maximum atomic E-state index is 12.6. The van der Waals surface area contributed by atoms with Gasteiger partial charge in [-0.25, -0.2) is 8.42 Å². The van der Waals surface area contributed by atoms with Crippen molar-refractivity contribution in [2.45, 2.75) is 31.7 Å². The minimum absolute atomic E-state index is 0.0472. The van der Waals surface area contributed by atoms with Crippen LogP contribution in [-0.2, 0) is 14.8 Å². The highest BCUT2D eigenvalue weighted by molar-refractivity contribution is 7.89. The Morgan fingerprint density at radius 3 is 2.45 bits per heavy atom. The van der Waals surface area contributed by atoms with Gasteiger partial charge < -0.3 is 4.90 Å². The first kappa shape index (κ1) is 16.6. The van der Waals surface area contributed by atoms with Crippen LogP contribution in [0.1, 0.15) is 31.1 Å². The zero-order valence-corrected chi connectivity index (χ0v) is 13.8. The Morgan fingerprint density at radius 1 is 1.23 bits per heavy atom. The summed E-state index contributed by atoms with van der Waals surface area (Å²) in [5.74, 6) is -0.398. The van der Waals surface area contributed by atoms with Gasteiger partial charge in [-0.05, 0) is 32.9 Å². The number of rotatable bonds is 4. The Labute approximate surface area is 130 Å². The molecule has 0 bridgehead atoms. The summed E-state index contributed by atoms with van der Waals surface area (Å²) in [5.41, 5.74) is 0.341. The fraction of sp³-hybridized carbons (Fsp3) is 0.467. The Hall–Kier alpha value is -1.73. The van der Waals surface area contributed by atoms with Crippen molar-refractivity contribution in [1.29, 1.82) is 0 Å². The highest BCUT2D eigenvalue weighted by Crippen LogP contribution is 2.20. The van der Waals surface area contributed by atoms with E-state index in [1.165, 1.54) is 29.4 Å². The molecular formula is C15H20N2O4S. The number of piperazine rings is 1. The molecule has 0 unspecified atom stereocenters. The minimum atomic E-state index is -3.77. The zero-order chi connectivity index (χ0) is 16.5. The topological polar surface area (TPSA) is 74.8 Å². The second-order valence-corrected chi connectivity index (χ2v) is 7.54. The maximum absolute atomic E-state index is 12.6. The highest BCUT2D eigenvalue weighted by Gasteiger charge is 2.33. The number of benzene rings is 1. The molecule has 1 saturated heterocycles. The van der Waals surface area contributed by atoms with E-state index in [9.17, 15) is 18.0 Å². The number of amides is 1. The molecule has 1 aromatic rings. The first-order valence-corrected chi connectivity index (χ1v) is 8.58. The van der Waals surface area contributed by atoms with E-state index in [2.05, 4.69) is 0 Å². The molecular weight excluding hydrogens is 304 g/mol. The van der Waals surface area contributed by atoms with Gasteiger partial charge in [0.2, 0.25) is 15.9 Å². The smallest absolute Gasteiger partial charge is 0.243 e. The summed E-state index contributed by atoms with van der Waals surface area (Å²) in [5, 5.41) is 0. The quantitative estimate of drug-likeness (QED) is 0.778. The molecule has 0 saturated carbocycles. The van der Waals surface area contributed by atoms with E-state index < -0.39 is 10.0 Å². The standard InChI is InChI=1S/C15H20N2O4S/c1-11(2)17-8-7-16(10-15(17)19)22(20,21)14-6-4-5-13(9-14)12(3)18/h4-6,9,11H,7-8,10H2,1-3H3. The third kappa shape index (κ3) is 3.20. The summed E-state index contributed by atoms with van der Waals surface area (Å²) >= 11 is 0. The zero-order valence-electron chi connectivity index (χ0n) is 12.9. The van der Waals surface area contributed by atoms with Crippen LogP contribution >= 0.6 is 0 Å². The predicted octanol–water partition coefficient (Wildman–Crippen LogP) is 1.13. The molecule has 1 aliphatic rings. The van der Waals surface area contributed by atoms with E-state index >= 15 is 0 Å². The van der Waals surface area contributed by atoms with Gasteiger partial charge in [0.1, 0.15) is 0 Å². The van der Waals surface area contributed by atoms with Crippen molar-refractivity contribution in [3.8, 4) is 0 Å². The second-order valence-electron chi connectivity index (χ2n) is 5.60. The van der Waals surface area contributed by atoms with Crippen LogP contribution < -0.4 is 0 Å². The summed E-state index contributed by atoms with van der Waals surface area (Å²) in [6.07, 6.45) is 0. The van der Waals surface area contributed by atoms with Crippen molar-refractivity contribution in [1.82, 2.24) is 9.21 Å². The van der Waals surface area contributed by atoms with Crippen molar-refractivity contribution in [3.05, 3.63) is 29.8 Å². The van der Waals surface area contributed by atoms with Crippen LogP contribution in [0.3, 0.4) is 0 Å². The largest absolute Gasteiger partial charge is 0.338 e. The van der Waals surface area contributed by atoms with Crippen molar-refractivity contribution >= 4 is 21.7 Å². The van der Waals surface area contributed by atoms with Crippen LogP contribution in [0.25, 0.3) is 0 Å². The second kappa shape index (κ2) is 6.18. The Kier molecular flexibility index (Phi) is 4.67. The molecule has 0 aromatic heterocycles. The van der Waals surface area contributed by atoms with Crippen LogP contribution in [-0.4, -0.2) is 55.0 Å². The Morgan fingerprint density at radius 2 is 1.91 bits per heavy atom. The number of carbonyl (C=O) groups excluding carboxylic acids is 2. The maximum Gasteiger partial charge on any atom is 0.243 e. The van der Waals surface area contributed by atoms with Crippen molar-refractivity contribution in [3.63, 3.8) is 0 Å². The van der Waals surface area contributed by atoms with Gasteiger partial charge in [0.15, 0.2) is 5.78 Å². The van der Waals surface area contributed by atoms with Gasteiger partial charge in [-0.3, -0.25) is 9.59 Å². The van der Waals surface area contributed by atoms with Crippen LogP contribution in [0.4, 0.5) is 0 Å². The van der Waals surface area contributed by atoms with Crippen LogP contribution in [0, 0.1) is 0 Å². The Bertz CT molecular complexity index is 697. The number of Topliss-reactive ketones (excluding diaryl/α,β-unsaturated/α-hetero) is 1. The van der Waals surface area contributed by atoms with Gasteiger partial charge in [-0.1, -0.05) is 12.1 Å². The molecule has 120 valence electrons. The van der Waals surface area contributed by atoms with Gasteiger partial charge >= 0.3 is 0 Å². The summed E-state index contributed by atoms with van der Waals surface area (Å²) < 4.78 is 26.4. The van der Waals surface area contributed by atoms with Crippen molar-refractivity contribution in [2.24, 2.45) is 0 Å². The lowest BCUT2D eigenvalue weighted by molar-refractivity contribution is -0.135. The first-order valence-electron chi connectivity index (χ1n) is 7.14. The number of nitrogens with zero attached hydrogens (tertiary/aromatic N) is 2. The highest BCUT2D eigenvalue weighted by atomic mass is 32.2. The molecule has 22 heavy (non-hydrogen) atoms. The molecule has 1 aliphatic heterocycles. The van der Waals surface area contributed by atoms with Gasteiger partial charge in [-0.2, -0.15) is 4.31 Å². The molecule has 2 rings (SSSR count). The summed E-state index contributed by atoms with van der Waals surface area (Å²) in [6, 6.07) is 5.97. The molecule has 6 nitrogen and oxygen atoms in total. The normalized spacial score (nSPS) is 17.1. The molecule has 0 radical (unpaired) electrons. The number of hydrogen-bond acceptors (Lipinski definition) is 4. The van der Waals surface area contributed by atoms with Gasteiger partial charge in [0.05, 0.1) is 11.4 Å². The average Bonchev–Trinajstić information content (AvgIpc) is 2.46. The fourth-order valence-electron chi connectivity index (χ4n) is 2.44. The first-order chi connectivity index (χ1) is 10.2. The lowest BCUT2D eigenvalue weighted by Gasteiger charge is -2.36. The molecule has 1 heterocycles. The van der Waals surface area contributed by atoms with Gasteiger partial charge in [0, 0.05) is 24.7 Å². The van der Waals surface area contributed by atoms with E-state index in [-0.39, 0.29) is 35.7 Å². The van der Waals surface area contributed by atoms with Crippen molar-refractivity contribution < 1.29 is 18.0 Å². The van der Waals surface area contributed by atoms with Gasteiger partial charge in [0.25, 0.3) is 0 Å². The monoisotopic (exact) mass is 324 g/mol. The molecule has 1 aromatic carbocycles. The molecule has 0 N–H and O–H groups in total. The Balaban J connectivity index is 2.27.